The van der Waals surface area contributed by atoms with Gasteiger partial charge in [0.05, 0.1) is 18.8 Å². The Hall–Kier alpha value is 0.1000. The van der Waals surface area contributed by atoms with Gasteiger partial charge in [-0.1, -0.05) is 44.0 Å². The Kier molecular flexibility index (Phi) is 6.58. The minimum atomic E-state index is 0.0580. The zero-order chi connectivity index (χ0) is 12.0. The van der Waals surface area contributed by atoms with Gasteiger partial charge in [0.15, 0.2) is 0 Å². The van der Waals surface area contributed by atoms with Crippen molar-refractivity contribution in [2.75, 3.05) is 19.0 Å². The molecule has 1 aromatic carbocycles. The van der Waals surface area contributed by atoms with Crippen LogP contribution in [0.4, 0.5) is 0 Å². The normalized spacial score (nSPS) is 14.8. The molecule has 0 heterocycles. The molecule has 1 aromatic rings. The second-order valence-corrected chi connectivity index (χ2v) is 5.16. The highest BCUT2D eigenvalue weighted by Crippen LogP contribution is 2.24. The van der Waals surface area contributed by atoms with E-state index in [4.69, 9.17) is 9.47 Å². The molecule has 1 rings (SSSR count). The summed E-state index contributed by atoms with van der Waals surface area (Å²) >= 11 is 6.94. The van der Waals surface area contributed by atoms with E-state index in [1.165, 1.54) is 0 Å². The summed E-state index contributed by atoms with van der Waals surface area (Å²) in [6.07, 6.45) is 0.147. The van der Waals surface area contributed by atoms with Crippen LogP contribution in [0.2, 0.25) is 0 Å². The smallest absolute Gasteiger partial charge is 0.0926 e. The van der Waals surface area contributed by atoms with Gasteiger partial charge < -0.3 is 9.47 Å². The Balaban J connectivity index is 2.67. The van der Waals surface area contributed by atoms with Crippen molar-refractivity contribution in [2.45, 2.75) is 19.1 Å². The highest BCUT2D eigenvalue weighted by atomic mass is 79.9. The SMILES string of the molecule is COCC(C)OC(CBr)c1cccc(Br)c1. The molecule has 0 saturated heterocycles. The summed E-state index contributed by atoms with van der Waals surface area (Å²) in [4.78, 5) is 0. The fourth-order valence-electron chi connectivity index (χ4n) is 1.47. The van der Waals surface area contributed by atoms with Crippen molar-refractivity contribution in [2.24, 2.45) is 0 Å². The first kappa shape index (κ1) is 14.2. The standard InChI is InChI=1S/C12H16Br2O2/c1-9(8-15-2)16-12(7-13)10-4-3-5-11(14)6-10/h3-6,9,12H,7-8H2,1-2H3. The second kappa shape index (κ2) is 7.43. The third kappa shape index (κ3) is 4.53. The van der Waals surface area contributed by atoms with Gasteiger partial charge in [0.2, 0.25) is 0 Å². The molecule has 16 heavy (non-hydrogen) atoms. The van der Waals surface area contributed by atoms with E-state index in [0.29, 0.717) is 6.61 Å². The fourth-order valence-corrected chi connectivity index (χ4v) is 2.41. The lowest BCUT2D eigenvalue weighted by molar-refractivity contribution is -0.0298. The van der Waals surface area contributed by atoms with Crippen LogP contribution in [0.3, 0.4) is 0 Å². The Morgan fingerprint density at radius 3 is 2.69 bits per heavy atom. The van der Waals surface area contributed by atoms with Crippen molar-refractivity contribution in [1.82, 2.24) is 0 Å². The topological polar surface area (TPSA) is 18.5 Å². The number of ether oxygens (including phenoxy) is 2. The largest absolute Gasteiger partial charge is 0.382 e. The Morgan fingerprint density at radius 1 is 1.38 bits per heavy atom. The molecule has 0 aliphatic heterocycles. The molecule has 0 amide bonds. The van der Waals surface area contributed by atoms with Crippen molar-refractivity contribution < 1.29 is 9.47 Å². The maximum atomic E-state index is 5.89. The lowest BCUT2D eigenvalue weighted by atomic mass is 10.1. The molecule has 0 N–H and O–H groups in total. The summed E-state index contributed by atoms with van der Waals surface area (Å²) in [5.74, 6) is 0. The Morgan fingerprint density at radius 2 is 2.12 bits per heavy atom. The van der Waals surface area contributed by atoms with Gasteiger partial charge in [-0.05, 0) is 24.6 Å². The van der Waals surface area contributed by atoms with Gasteiger partial charge in [0.25, 0.3) is 0 Å². The highest BCUT2D eigenvalue weighted by Gasteiger charge is 2.14. The zero-order valence-corrected chi connectivity index (χ0v) is 12.6. The number of halogens is 2. The van der Waals surface area contributed by atoms with E-state index in [0.717, 1.165) is 15.4 Å². The van der Waals surface area contributed by atoms with Crippen LogP contribution in [0.5, 0.6) is 0 Å². The predicted molar refractivity (Wildman–Crippen MR) is 73.1 cm³/mol. The number of hydrogen-bond acceptors (Lipinski definition) is 2. The van der Waals surface area contributed by atoms with Gasteiger partial charge in [0.1, 0.15) is 0 Å². The third-order valence-corrected chi connectivity index (χ3v) is 3.24. The molecule has 2 unspecified atom stereocenters. The number of hydrogen-bond donors (Lipinski definition) is 0. The minimum absolute atomic E-state index is 0.0580. The van der Waals surface area contributed by atoms with E-state index >= 15 is 0 Å². The average molecular weight is 352 g/mol. The third-order valence-electron chi connectivity index (χ3n) is 2.16. The van der Waals surface area contributed by atoms with Crippen molar-refractivity contribution in [1.29, 1.82) is 0 Å². The van der Waals surface area contributed by atoms with Gasteiger partial charge in [-0.25, -0.2) is 0 Å². The van der Waals surface area contributed by atoms with Gasteiger partial charge >= 0.3 is 0 Å². The number of alkyl halides is 1. The molecule has 2 nitrogen and oxygen atoms in total. The van der Waals surface area contributed by atoms with Crippen LogP contribution >= 0.6 is 31.9 Å². The number of rotatable bonds is 6. The summed E-state index contributed by atoms with van der Waals surface area (Å²) < 4.78 is 12.0. The van der Waals surface area contributed by atoms with Crippen LogP contribution in [0.25, 0.3) is 0 Å². The fraction of sp³-hybridized carbons (Fsp3) is 0.500. The van der Waals surface area contributed by atoms with Crippen LogP contribution < -0.4 is 0 Å². The summed E-state index contributed by atoms with van der Waals surface area (Å²) in [5, 5.41) is 0.775. The van der Waals surface area contributed by atoms with Crippen LogP contribution in [0, 0.1) is 0 Å². The Bertz CT molecular complexity index is 318. The minimum Gasteiger partial charge on any atom is -0.382 e. The molecule has 0 fully saturated rings. The molecule has 0 aliphatic carbocycles. The molecular weight excluding hydrogens is 336 g/mol. The van der Waals surface area contributed by atoms with E-state index < -0.39 is 0 Å². The van der Waals surface area contributed by atoms with Gasteiger partial charge in [-0.3, -0.25) is 0 Å². The van der Waals surface area contributed by atoms with Crippen LogP contribution in [-0.2, 0) is 9.47 Å². The summed E-state index contributed by atoms with van der Waals surface area (Å²) in [5.41, 5.74) is 1.16. The summed E-state index contributed by atoms with van der Waals surface area (Å²) in [6.45, 7) is 2.62. The molecule has 2 atom stereocenters. The number of benzene rings is 1. The number of methoxy groups -OCH3 is 1. The average Bonchev–Trinajstić information content (AvgIpc) is 2.26. The molecular formula is C12H16Br2O2. The lowest BCUT2D eigenvalue weighted by Gasteiger charge is -2.20. The molecule has 0 aliphatic rings. The van der Waals surface area contributed by atoms with E-state index in [9.17, 15) is 0 Å². The molecule has 0 bridgehead atoms. The van der Waals surface area contributed by atoms with E-state index in [1.807, 2.05) is 19.1 Å². The quantitative estimate of drug-likeness (QED) is 0.723. The van der Waals surface area contributed by atoms with Gasteiger partial charge in [-0.15, -0.1) is 0 Å². The molecule has 0 aromatic heterocycles. The molecule has 4 heteroatoms. The van der Waals surface area contributed by atoms with Crippen molar-refractivity contribution >= 4 is 31.9 Å². The maximum Gasteiger partial charge on any atom is 0.0926 e. The monoisotopic (exact) mass is 350 g/mol. The Labute approximate surface area is 114 Å². The first-order valence-corrected chi connectivity index (χ1v) is 7.04. The van der Waals surface area contributed by atoms with Gasteiger partial charge in [-0.2, -0.15) is 0 Å². The molecule has 90 valence electrons. The summed E-state index contributed by atoms with van der Waals surface area (Å²) in [7, 11) is 1.68. The molecule has 0 radical (unpaired) electrons. The highest BCUT2D eigenvalue weighted by molar-refractivity contribution is 9.10. The molecule has 0 spiro atoms. The van der Waals surface area contributed by atoms with Crippen molar-refractivity contribution in [3.05, 3.63) is 34.3 Å². The van der Waals surface area contributed by atoms with Crippen molar-refractivity contribution in [3.63, 3.8) is 0 Å². The van der Waals surface area contributed by atoms with E-state index in [1.54, 1.807) is 7.11 Å². The van der Waals surface area contributed by atoms with Crippen LogP contribution in [0.15, 0.2) is 28.7 Å². The molecule has 0 saturated carbocycles. The van der Waals surface area contributed by atoms with Crippen LogP contribution in [0.1, 0.15) is 18.6 Å². The lowest BCUT2D eigenvalue weighted by Crippen LogP contribution is -2.19. The van der Waals surface area contributed by atoms with E-state index in [-0.39, 0.29) is 12.2 Å². The van der Waals surface area contributed by atoms with Crippen molar-refractivity contribution in [3.8, 4) is 0 Å². The zero-order valence-electron chi connectivity index (χ0n) is 9.45. The first-order valence-electron chi connectivity index (χ1n) is 5.13. The van der Waals surface area contributed by atoms with E-state index in [2.05, 4.69) is 44.0 Å². The predicted octanol–water partition coefficient (Wildman–Crippen LogP) is 3.94. The van der Waals surface area contributed by atoms with Gasteiger partial charge in [0, 0.05) is 16.9 Å². The summed E-state index contributed by atoms with van der Waals surface area (Å²) in [6, 6.07) is 8.16. The first-order chi connectivity index (χ1) is 7.67. The second-order valence-electron chi connectivity index (χ2n) is 3.60. The van der Waals surface area contributed by atoms with Crippen LogP contribution in [-0.4, -0.2) is 25.2 Å². The maximum absolute atomic E-state index is 5.89.